The first-order chi connectivity index (χ1) is 13.0. The van der Waals surface area contributed by atoms with Gasteiger partial charge in [0.05, 0.1) is 28.7 Å². The highest BCUT2D eigenvalue weighted by Gasteiger charge is 2.20. The van der Waals surface area contributed by atoms with E-state index in [-0.39, 0.29) is 5.56 Å². The van der Waals surface area contributed by atoms with Gasteiger partial charge in [-0.2, -0.15) is 0 Å². The third-order valence-corrected chi connectivity index (χ3v) is 4.07. The van der Waals surface area contributed by atoms with Crippen LogP contribution in [0, 0.1) is 0 Å². The molecule has 0 unspecified atom stereocenters. The second-order valence-electron chi connectivity index (χ2n) is 5.65. The van der Waals surface area contributed by atoms with E-state index in [1.165, 1.54) is 20.2 Å². The molecule has 1 N–H and O–H groups in total. The number of fused-ring (bicyclic) bond motifs is 1. The molecule has 27 heavy (non-hydrogen) atoms. The van der Waals surface area contributed by atoms with Crippen LogP contribution in [0.4, 0.5) is 5.69 Å². The molecule has 0 spiro atoms. The van der Waals surface area contributed by atoms with Crippen LogP contribution in [0.2, 0.25) is 5.02 Å². The lowest BCUT2D eigenvalue weighted by Gasteiger charge is -2.14. The minimum atomic E-state index is -1.00. The summed E-state index contributed by atoms with van der Waals surface area (Å²) in [4.78, 5) is 32.9. The summed E-state index contributed by atoms with van der Waals surface area (Å²) in [5.41, 5.74) is 1.98. The molecular weight excluding hydrogens is 370 g/mol. The number of carbonyl (C=O) groups is 2. The molecule has 3 aromatic rings. The van der Waals surface area contributed by atoms with Crippen LogP contribution < -0.4 is 10.1 Å². The number of hydrogen-bond acceptors (Lipinski definition) is 6. The summed E-state index contributed by atoms with van der Waals surface area (Å²) >= 11 is 6.03. The molecular formula is C19H16ClN3O4. The van der Waals surface area contributed by atoms with E-state index in [1.54, 1.807) is 42.6 Å². The van der Waals surface area contributed by atoms with E-state index in [0.717, 1.165) is 0 Å². The molecule has 3 rings (SSSR count). The molecule has 8 heteroatoms. The zero-order valence-electron chi connectivity index (χ0n) is 14.6. The van der Waals surface area contributed by atoms with Crippen molar-refractivity contribution in [1.82, 2.24) is 9.97 Å². The molecule has 1 heterocycles. The first kappa shape index (κ1) is 18.6. The normalized spacial score (nSPS) is 11.7. The van der Waals surface area contributed by atoms with Crippen molar-refractivity contribution in [3.63, 3.8) is 0 Å². The highest BCUT2D eigenvalue weighted by molar-refractivity contribution is 6.32. The maximum absolute atomic E-state index is 12.3. The van der Waals surface area contributed by atoms with Crippen LogP contribution in [0.5, 0.6) is 5.75 Å². The fraction of sp³-hybridized carbons (Fsp3) is 0.158. The van der Waals surface area contributed by atoms with E-state index in [9.17, 15) is 9.59 Å². The monoisotopic (exact) mass is 385 g/mol. The summed E-state index contributed by atoms with van der Waals surface area (Å²) in [6.07, 6.45) is 2.10. The van der Waals surface area contributed by atoms with E-state index in [0.29, 0.717) is 27.5 Å². The topological polar surface area (TPSA) is 90.4 Å². The number of halogens is 1. The zero-order valence-corrected chi connectivity index (χ0v) is 15.4. The van der Waals surface area contributed by atoms with E-state index >= 15 is 0 Å². The molecule has 2 aromatic carbocycles. The molecule has 0 bridgehead atoms. The number of aromatic nitrogens is 2. The Kier molecular flexibility index (Phi) is 5.52. The summed E-state index contributed by atoms with van der Waals surface area (Å²) in [6, 6.07) is 9.63. The Hall–Kier alpha value is -3.19. The molecule has 0 aliphatic carbocycles. The van der Waals surface area contributed by atoms with Gasteiger partial charge < -0.3 is 14.8 Å². The van der Waals surface area contributed by atoms with Crippen molar-refractivity contribution in [2.24, 2.45) is 0 Å². The van der Waals surface area contributed by atoms with Crippen molar-refractivity contribution in [2.75, 3.05) is 12.4 Å². The van der Waals surface area contributed by atoms with Crippen LogP contribution >= 0.6 is 11.6 Å². The molecule has 138 valence electrons. The van der Waals surface area contributed by atoms with Gasteiger partial charge in [0, 0.05) is 18.1 Å². The molecule has 0 aliphatic heterocycles. The summed E-state index contributed by atoms with van der Waals surface area (Å²) in [5, 5.41) is 3.00. The number of nitrogens with zero attached hydrogens (tertiary/aromatic N) is 2. The average Bonchev–Trinajstić information content (AvgIpc) is 2.67. The van der Waals surface area contributed by atoms with E-state index < -0.39 is 18.0 Å². The Balaban J connectivity index is 1.66. The molecule has 0 saturated carbocycles. The molecule has 0 aliphatic rings. The first-order valence-corrected chi connectivity index (χ1v) is 8.42. The lowest BCUT2D eigenvalue weighted by Crippen LogP contribution is -2.30. The minimum absolute atomic E-state index is 0.287. The van der Waals surface area contributed by atoms with E-state index in [1.807, 2.05) is 0 Å². The standard InChI is InChI=1S/C19H16ClN3O4/c1-11(18(24)23-13-4-6-17(26-2)14(20)10-13)27-19(25)12-3-5-15-16(9-12)22-8-7-21-15/h3-11H,1-2H3,(H,23,24)/t11-/m0/s1. The number of nitrogens with one attached hydrogen (secondary N) is 1. The molecule has 1 atom stereocenters. The van der Waals surface area contributed by atoms with Crippen molar-refractivity contribution in [3.05, 3.63) is 59.4 Å². The predicted molar refractivity (Wildman–Crippen MR) is 101 cm³/mol. The van der Waals surface area contributed by atoms with Crippen molar-refractivity contribution in [2.45, 2.75) is 13.0 Å². The van der Waals surface area contributed by atoms with Crippen molar-refractivity contribution < 1.29 is 19.1 Å². The summed E-state index contributed by atoms with van der Waals surface area (Å²) in [6.45, 7) is 1.49. The Morgan fingerprint density at radius 1 is 1.07 bits per heavy atom. The zero-order chi connectivity index (χ0) is 19.4. The van der Waals surface area contributed by atoms with Crippen molar-refractivity contribution in [3.8, 4) is 5.75 Å². The number of benzene rings is 2. The van der Waals surface area contributed by atoms with Crippen LogP contribution in [-0.2, 0) is 9.53 Å². The van der Waals surface area contributed by atoms with Gasteiger partial charge in [-0.15, -0.1) is 0 Å². The summed E-state index contributed by atoms with van der Waals surface area (Å²) in [5.74, 6) is -0.614. The summed E-state index contributed by atoms with van der Waals surface area (Å²) < 4.78 is 10.3. The van der Waals surface area contributed by atoms with Crippen LogP contribution in [0.1, 0.15) is 17.3 Å². The lowest BCUT2D eigenvalue weighted by atomic mass is 10.2. The lowest BCUT2D eigenvalue weighted by molar-refractivity contribution is -0.123. The van der Waals surface area contributed by atoms with Gasteiger partial charge in [0.2, 0.25) is 0 Å². The number of rotatable bonds is 5. The third kappa shape index (κ3) is 4.32. The Morgan fingerprint density at radius 2 is 1.81 bits per heavy atom. The second kappa shape index (κ2) is 8.01. The number of carbonyl (C=O) groups excluding carboxylic acids is 2. The molecule has 1 amide bonds. The highest BCUT2D eigenvalue weighted by Crippen LogP contribution is 2.27. The predicted octanol–water partition coefficient (Wildman–Crippen LogP) is 3.48. The Morgan fingerprint density at radius 3 is 2.52 bits per heavy atom. The number of esters is 1. The number of ether oxygens (including phenoxy) is 2. The van der Waals surface area contributed by atoms with Crippen molar-refractivity contribution >= 4 is 40.2 Å². The minimum Gasteiger partial charge on any atom is -0.495 e. The Bertz CT molecular complexity index is 1010. The van der Waals surface area contributed by atoms with E-state index in [2.05, 4.69) is 15.3 Å². The van der Waals surface area contributed by atoms with Crippen LogP contribution in [0.15, 0.2) is 48.8 Å². The molecule has 0 fully saturated rings. The largest absolute Gasteiger partial charge is 0.495 e. The van der Waals surface area contributed by atoms with Crippen molar-refractivity contribution in [1.29, 1.82) is 0 Å². The fourth-order valence-electron chi connectivity index (χ4n) is 2.36. The van der Waals surface area contributed by atoms with Gasteiger partial charge in [0.1, 0.15) is 5.75 Å². The molecule has 0 saturated heterocycles. The number of anilines is 1. The first-order valence-electron chi connectivity index (χ1n) is 8.04. The smallest absolute Gasteiger partial charge is 0.338 e. The Labute approximate surface area is 160 Å². The maximum Gasteiger partial charge on any atom is 0.338 e. The molecule has 7 nitrogen and oxygen atoms in total. The van der Waals surface area contributed by atoms with Crippen LogP contribution in [-0.4, -0.2) is 35.1 Å². The quantitative estimate of drug-likeness (QED) is 0.676. The summed E-state index contributed by atoms with van der Waals surface area (Å²) in [7, 11) is 1.50. The van der Waals surface area contributed by atoms with Crippen LogP contribution in [0.25, 0.3) is 11.0 Å². The average molecular weight is 386 g/mol. The van der Waals surface area contributed by atoms with Gasteiger partial charge in [0.25, 0.3) is 5.91 Å². The molecule has 1 aromatic heterocycles. The number of amides is 1. The fourth-order valence-corrected chi connectivity index (χ4v) is 2.62. The van der Waals surface area contributed by atoms with Crippen LogP contribution in [0.3, 0.4) is 0 Å². The number of methoxy groups -OCH3 is 1. The SMILES string of the molecule is COc1ccc(NC(=O)[C@H](C)OC(=O)c2ccc3nccnc3c2)cc1Cl. The molecule has 0 radical (unpaired) electrons. The van der Waals surface area contributed by atoms with Gasteiger partial charge in [0.15, 0.2) is 6.10 Å². The van der Waals surface area contributed by atoms with Gasteiger partial charge in [-0.25, -0.2) is 4.79 Å². The maximum atomic E-state index is 12.3. The van der Waals surface area contributed by atoms with E-state index in [4.69, 9.17) is 21.1 Å². The van der Waals surface area contributed by atoms with Gasteiger partial charge in [-0.05, 0) is 43.3 Å². The van der Waals surface area contributed by atoms with Gasteiger partial charge in [-0.3, -0.25) is 14.8 Å². The van der Waals surface area contributed by atoms with Gasteiger partial charge in [-0.1, -0.05) is 11.6 Å². The number of hydrogen-bond donors (Lipinski definition) is 1. The third-order valence-electron chi connectivity index (χ3n) is 3.78. The highest BCUT2D eigenvalue weighted by atomic mass is 35.5. The van der Waals surface area contributed by atoms with Gasteiger partial charge >= 0.3 is 5.97 Å². The second-order valence-corrected chi connectivity index (χ2v) is 6.05.